The van der Waals surface area contributed by atoms with Crippen molar-refractivity contribution in [2.24, 2.45) is 0 Å². The summed E-state index contributed by atoms with van der Waals surface area (Å²) in [6.45, 7) is 8.05. The lowest BCUT2D eigenvalue weighted by atomic mass is 10.1. The standard InChI is InChI=1S/C13H22ClN3O/c1-5-6-7-10(4)16-11-8-15-17(9(2)3)13(18)12(11)14/h8-10,16H,5-7H2,1-4H3. The fourth-order valence-corrected chi connectivity index (χ4v) is 1.95. The molecule has 1 atom stereocenters. The van der Waals surface area contributed by atoms with Gasteiger partial charge < -0.3 is 5.32 Å². The Hall–Kier alpha value is -1.03. The van der Waals surface area contributed by atoms with E-state index in [0.29, 0.717) is 11.7 Å². The maximum atomic E-state index is 12.0. The number of rotatable bonds is 6. The van der Waals surface area contributed by atoms with Gasteiger partial charge in [-0.2, -0.15) is 5.10 Å². The van der Waals surface area contributed by atoms with E-state index < -0.39 is 0 Å². The smallest absolute Gasteiger partial charge is 0.287 e. The van der Waals surface area contributed by atoms with Crippen molar-refractivity contribution >= 4 is 17.3 Å². The van der Waals surface area contributed by atoms with Crippen molar-refractivity contribution in [1.29, 1.82) is 0 Å². The van der Waals surface area contributed by atoms with Gasteiger partial charge in [0.15, 0.2) is 0 Å². The van der Waals surface area contributed by atoms with Crippen LogP contribution in [0.15, 0.2) is 11.0 Å². The lowest BCUT2D eigenvalue weighted by molar-refractivity contribution is 0.503. The molecule has 0 radical (unpaired) electrons. The van der Waals surface area contributed by atoms with Gasteiger partial charge in [-0.15, -0.1) is 0 Å². The number of aromatic nitrogens is 2. The van der Waals surface area contributed by atoms with Crippen molar-refractivity contribution in [3.8, 4) is 0 Å². The zero-order valence-electron chi connectivity index (χ0n) is 11.5. The highest BCUT2D eigenvalue weighted by atomic mass is 35.5. The van der Waals surface area contributed by atoms with Crippen LogP contribution in [0.5, 0.6) is 0 Å². The number of nitrogens with zero attached hydrogens (tertiary/aromatic N) is 2. The molecule has 5 heteroatoms. The SMILES string of the molecule is CCCCC(C)Nc1cnn(C(C)C)c(=O)c1Cl. The highest BCUT2D eigenvalue weighted by Gasteiger charge is 2.12. The normalized spacial score (nSPS) is 12.8. The number of hydrogen-bond acceptors (Lipinski definition) is 3. The van der Waals surface area contributed by atoms with Crippen molar-refractivity contribution < 1.29 is 0 Å². The quantitative estimate of drug-likeness (QED) is 0.862. The molecule has 1 unspecified atom stereocenters. The second-order valence-electron chi connectivity index (χ2n) is 4.90. The molecule has 0 fully saturated rings. The highest BCUT2D eigenvalue weighted by Crippen LogP contribution is 2.18. The molecule has 0 aliphatic rings. The summed E-state index contributed by atoms with van der Waals surface area (Å²) < 4.78 is 1.39. The minimum Gasteiger partial charge on any atom is -0.380 e. The maximum Gasteiger partial charge on any atom is 0.287 e. The van der Waals surface area contributed by atoms with Gasteiger partial charge in [0.1, 0.15) is 5.02 Å². The van der Waals surface area contributed by atoms with E-state index in [2.05, 4.69) is 24.3 Å². The second-order valence-corrected chi connectivity index (χ2v) is 5.28. The molecular weight excluding hydrogens is 250 g/mol. The zero-order chi connectivity index (χ0) is 13.7. The van der Waals surface area contributed by atoms with Gasteiger partial charge in [0.2, 0.25) is 0 Å². The topological polar surface area (TPSA) is 46.9 Å². The third kappa shape index (κ3) is 3.73. The summed E-state index contributed by atoms with van der Waals surface area (Å²) in [7, 11) is 0. The molecule has 4 nitrogen and oxygen atoms in total. The predicted molar refractivity (Wildman–Crippen MR) is 76.5 cm³/mol. The Morgan fingerprint density at radius 3 is 2.67 bits per heavy atom. The van der Waals surface area contributed by atoms with E-state index in [4.69, 9.17) is 11.6 Å². The molecule has 0 saturated carbocycles. The van der Waals surface area contributed by atoms with Gasteiger partial charge in [-0.3, -0.25) is 4.79 Å². The third-order valence-corrected chi connectivity index (χ3v) is 3.19. The summed E-state index contributed by atoms with van der Waals surface area (Å²) in [6.07, 6.45) is 5.00. The van der Waals surface area contributed by atoms with Gasteiger partial charge in [0, 0.05) is 6.04 Å². The number of unbranched alkanes of at least 4 members (excludes halogenated alkanes) is 1. The lowest BCUT2D eigenvalue weighted by Crippen LogP contribution is -2.27. The van der Waals surface area contributed by atoms with Crippen LogP contribution in [0.3, 0.4) is 0 Å². The minimum absolute atomic E-state index is 0.0153. The Kier molecular flexibility index (Phi) is 5.66. The molecule has 0 aliphatic carbocycles. The van der Waals surface area contributed by atoms with Crippen LogP contribution in [-0.2, 0) is 0 Å². The second kappa shape index (κ2) is 6.78. The van der Waals surface area contributed by atoms with Crippen LogP contribution >= 0.6 is 11.6 Å². The first-order chi connectivity index (χ1) is 8.47. The molecule has 1 heterocycles. The highest BCUT2D eigenvalue weighted by molar-refractivity contribution is 6.32. The van der Waals surface area contributed by atoms with Crippen LogP contribution in [0, 0.1) is 0 Å². The van der Waals surface area contributed by atoms with E-state index in [0.717, 1.165) is 19.3 Å². The van der Waals surface area contributed by atoms with Gasteiger partial charge in [-0.1, -0.05) is 31.4 Å². The van der Waals surface area contributed by atoms with Gasteiger partial charge in [0.05, 0.1) is 17.9 Å². The third-order valence-electron chi connectivity index (χ3n) is 2.83. The van der Waals surface area contributed by atoms with Crippen molar-refractivity contribution in [1.82, 2.24) is 9.78 Å². The Balaban J connectivity index is 2.86. The van der Waals surface area contributed by atoms with Gasteiger partial charge in [-0.05, 0) is 27.2 Å². The number of hydrogen-bond donors (Lipinski definition) is 1. The summed E-state index contributed by atoms with van der Waals surface area (Å²) in [4.78, 5) is 12.0. The van der Waals surface area contributed by atoms with Crippen LogP contribution in [0.2, 0.25) is 5.02 Å². The largest absolute Gasteiger partial charge is 0.380 e. The number of halogens is 1. The van der Waals surface area contributed by atoms with Crippen molar-refractivity contribution in [2.75, 3.05) is 5.32 Å². The molecule has 18 heavy (non-hydrogen) atoms. The molecule has 0 saturated heterocycles. The van der Waals surface area contributed by atoms with E-state index in [1.54, 1.807) is 6.20 Å². The van der Waals surface area contributed by atoms with E-state index >= 15 is 0 Å². The van der Waals surface area contributed by atoms with Crippen LogP contribution in [0.25, 0.3) is 0 Å². The monoisotopic (exact) mass is 271 g/mol. The van der Waals surface area contributed by atoms with Gasteiger partial charge in [0.25, 0.3) is 5.56 Å². The molecule has 0 amide bonds. The number of anilines is 1. The van der Waals surface area contributed by atoms with Crippen molar-refractivity contribution in [3.05, 3.63) is 21.6 Å². The number of nitrogens with one attached hydrogen (secondary N) is 1. The minimum atomic E-state index is -0.237. The Bertz CT molecular complexity index is 442. The molecular formula is C13H22ClN3O. The molecule has 1 rings (SSSR count). The molecule has 0 aliphatic heterocycles. The first-order valence-corrected chi connectivity index (χ1v) is 6.89. The molecule has 102 valence electrons. The predicted octanol–water partition coefficient (Wildman–Crippen LogP) is 3.47. The fourth-order valence-electron chi connectivity index (χ4n) is 1.76. The van der Waals surface area contributed by atoms with E-state index in [-0.39, 0.29) is 16.6 Å². The molecule has 1 aromatic rings. The molecule has 1 N–H and O–H groups in total. The zero-order valence-corrected chi connectivity index (χ0v) is 12.3. The van der Waals surface area contributed by atoms with Crippen LogP contribution in [0.4, 0.5) is 5.69 Å². The maximum absolute atomic E-state index is 12.0. The Morgan fingerprint density at radius 2 is 2.11 bits per heavy atom. The molecule has 1 aromatic heterocycles. The first-order valence-electron chi connectivity index (χ1n) is 6.51. The molecule has 0 spiro atoms. The molecule has 0 aromatic carbocycles. The van der Waals surface area contributed by atoms with Gasteiger partial charge in [-0.25, -0.2) is 4.68 Å². The Morgan fingerprint density at radius 1 is 1.44 bits per heavy atom. The summed E-state index contributed by atoms with van der Waals surface area (Å²) in [5.41, 5.74) is 0.390. The average Bonchev–Trinajstić information content (AvgIpc) is 2.32. The van der Waals surface area contributed by atoms with E-state index in [1.807, 2.05) is 13.8 Å². The summed E-state index contributed by atoms with van der Waals surface area (Å²) in [6, 6.07) is 0.306. The summed E-state index contributed by atoms with van der Waals surface area (Å²) in [5, 5.41) is 7.60. The van der Waals surface area contributed by atoms with Crippen molar-refractivity contribution in [2.45, 2.75) is 59.0 Å². The first kappa shape index (κ1) is 15.0. The molecule has 0 bridgehead atoms. The van der Waals surface area contributed by atoms with Crippen LogP contribution in [0.1, 0.15) is 53.0 Å². The fraction of sp³-hybridized carbons (Fsp3) is 0.692. The van der Waals surface area contributed by atoms with E-state index in [9.17, 15) is 4.79 Å². The average molecular weight is 272 g/mol. The lowest BCUT2D eigenvalue weighted by Gasteiger charge is -2.16. The summed E-state index contributed by atoms with van der Waals surface area (Å²) in [5.74, 6) is 0. The summed E-state index contributed by atoms with van der Waals surface area (Å²) >= 11 is 6.08. The van der Waals surface area contributed by atoms with Crippen LogP contribution in [-0.4, -0.2) is 15.8 Å². The Labute approximate surface area is 113 Å². The van der Waals surface area contributed by atoms with E-state index in [1.165, 1.54) is 4.68 Å². The van der Waals surface area contributed by atoms with Gasteiger partial charge >= 0.3 is 0 Å². The van der Waals surface area contributed by atoms with Crippen LogP contribution < -0.4 is 10.9 Å². The van der Waals surface area contributed by atoms with Crippen molar-refractivity contribution in [3.63, 3.8) is 0 Å².